The molecule has 0 spiro atoms. The third kappa shape index (κ3) is 2.96. The number of aromatic nitrogens is 2. The van der Waals surface area contributed by atoms with Gasteiger partial charge in [-0.05, 0) is 36.8 Å². The zero-order chi connectivity index (χ0) is 17.4. The lowest BCUT2D eigenvalue weighted by Crippen LogP contribution is -2.43. The summed E-state index contributed by atoms with van der Waals surface area (Å²) in [4.78, 5) is 17.2. The van der Waals surface area contributed by atoms with Crippen molar-refractivity contribution in [1.82, 2.24) is 4.98 Å². The van der Waals surface area contributed by atoms with Crippen molar-refractivity contribution in [3.05, 3.63) is 72.1 Å². The van der Waals surface area contributed by atoms with Gasteiger partial charge in [0.1, 0.15) is 23.8 Å². The topological polar surface area (TPSA) is 66.1 Å². The van der Waals surface area contributed by atoms with Crippen LogP contribution in [0.5, 0.6) is 5.75 Å². The van der Waals surface area contributed by atoms with E-state index in [1.54, 1.807) is 41.2 Å². The monoisotopic (exact) mass is 332 g/mol. The molecular weight excluding hydrogens is 314 g/mol. The smallest absolute Gasteiger partial charge is 0.359 e. The average molecular weight is 332 g/mol. The van der Waals surface area contributed by atoms with Crippen LogP contribution < -0.4 is 9.88 Å². The second-order valence-corrected chi connectivity index (χ2v) is 6.30. The number of rotatable bonds is 3. The molecule has 124 valence electrons. The Balaban J connectivity index is 1.59. The molecule has 0 fully saturated rings. The molecule has 0 bridgehead atoms. The van der Waals surface area contributed by atoms with E-state index in [4.69, 9.17) is 0 Å². The Morgan fingerprint density at radius 1 is 1.12 bits per heavy atom. The van der Waals surface area contributed by atoms with Crippen LogP contribution in [-0.2, 0) is 6.42 Å². The number of anilines is 1. The maximum atomic E-state index is 12.7. The van der Waals surface area contributed by atoms with E-state index in [-0.39, 0.29) is 17.7 Å². The SMILES string of the molecule is Cc1ccc(CC2Nc3cnc(-c4ccc(O)cc4)c[n+]3C2=O)cc1. The van der Waals surface area contributed by atoms with Gasteiger partial charge >= 0.3 is 11.7 Å². The molecule has 2 aromatic carbocycles. The summed E-state index contributed by atoms with van der Waals surface area (Å²) in [5.41, 5.74) is 3.87. The van der Waals surface area contributed by atoms with Crippen molar-refractivity contribution in [1.29, 1.82) is 0 Å². The van der Waals surface area contributed by atoms with Gasteiger partial charge in [-0.2, -0.15) is 4.57 Å². The number of carbonyl (C=O) groups excluding carboxylic acids is 1. The third-order valence-corrected chi connectivity index (χ3v) is 4.42. The number of hydrogen-bond donors (Lipinski definition) is 2. The number of nitrogens with one attached hydrogen (secondary N) is 1. The van der Waals surface area contributed by atoms with Gasteiger partial charge in [-0.1, -0.05) is 29.8 Å². The Hall–Kier alpha value is -3.21. The Morgan fingerprint density at radius 3 is 2.56 bits per heavy atom. The molecule has 0 aliphatic carbocycles. The molecule has 0 saturated heterocycles. The fourth-order valence-electron chi connectivity index (χ4n) is 2.99. The fourth-order valence-corrected chi connectivity index (χ4v) is 2.99. The van der Waals surface area contributed by atoms with Crippen LogP contribution in [0.3, 0.4) is 0 Å². The number of aromatic hydroxyl groups is 1. The number of hydrogen-bond acceptors (Lipinski definition) is 4. The summed E-state index contributed by atoms with van der Waals surface area (Å²) in [5.74, 6) is 0.913. The van der Waals surface area contributed by atoms with Gasteiger partial charge in [-0.15, -0.1) is 0 Å². The van der Waals surface area contributed by atoms with E-state index in [2.05, 4.69) is 34.6 Å². The van der Waals surface area contributed by atoms with Crippen molar-refractivity contribution in [2.75, 3.05) is 5.32 Å². The van der Waals surface area contributed by atoms with Crippen LogP contribution in [0.1, 0.15) is 15.9 Å². The molecule has 2 heterocycles. The predicted molar refractivity (Wildman–Crippen MR) is 94.5 cm³/mol. The molecule has 1 unspecified atom stereocenters. The van der Waals surface area contributed by atoms with E-state index in [0.29, 0.717) is 17.9 Å². The summed E-state index contributed by atoms with van der Waals surface area (Å²) in [6.07, 6.45) is 4.05. The van der Waals surface area contributed by atoms with Crippen molar-refractivity contribution < 1.29 is 14.5 Å². The van der Waals surface area contributed by atoms with Gasteiger partial charge < -0.3 is 5.11 Å². The molecule has 1 aromatic heterocycles. The van der Waals surface area contributed by atoms with Crippen molar-refractivity contribution in [3.8, 4) is 17.0 Å². The minimum atomic E-state index is -0.292. The van der Waals surface area contributed by atoms with E-state index in [9.17, 15) is 9.90 Å². The highest BCUT2D eigenvalue weighted by molar-refractivity contribution is 5.82. The van der Waals surface area contributed by atoms with Crippen molar-refractivity contribution in [3.63, 3.8) is 0 Å². The summed E-state index contributed by atoms with van der Waals surface area (Å²) in [7, 11) is 0. The first kappa shape index (κ1) is 15.3. The van der Waals surface area contributed by atoms with Gasteiger partial charge in [-0.3, -0.25) is 5.32 Å². The average Bonchev–Trinajstić information content (AvgIpc) is 2.93. The summed E-state index contributed by atoms with van der Waals surface area (Å²) in [5, 5.41) is 12.6. The lowest BCUT2D eigenvalue weighted by Gasteiger charge is -2.03. The maximum absolute atomic E-state index is 12.7. The molecule has 1 atom stereocenters. The molecule has 5 nitrogen and oxygen atoms in total. The summed E-state index contributed by atoms with van der Waals surface area (Å²) >= 11 is 0. The molecule has 1 aliphatic rings. The quantitative estimate of drug-likeness (QED) is 0.724. The van der Waals surface area contributed by atoms with Crippen LogP contribution in [0, 0.1) is 6.92 Å². The molecule has 1 aliphatic heterocycles. The largest absolute Gasteiger partial charge is 0.508 e. The first-order valence-corrected chi connectivity index (χ1v) is 8.17. The van der Waals surface area contributed by atoms with Gasteiger partial charge in [0.2, 0.25) is 0 Å². The highest BCUT2D eigenvalue weighted by atomic mass is 16.3. The minimum absolute atomic E-state index is 0.0120. The Morgan fingerprint density at radius 2 is 1.84 bits per heavy atom. The minimum Gasteiger partial charge on any atom is -0.508 e. The zero-order valence-corrected chi connectivity index (χ0v) is 13.8. The number of nitrogens with zero attached hydrogens (tertiary/aromatic N) is 2. The second kappa shape index (κ2) is 6.02. The number of benzene rings is 2. The highest BCUT2D eigenvalue weighted by Gasteiger charge is 2.38. The first-order valence-electron chi connectivity index (χ1n) is 8.17. The number of phenolic OH excluding ortho intramolecular Hbond substituents is 1. The van der Waals surface area contributed by atoms with E-state index in [1.807, 2.05) is 6.92 Å². The molecule has 4 rings (SSSR count). The number of phenols is 1. The molecule has 0 amide bonds. The standard InChI is InChI=1S/C20H17N3O2/c1-13-2-4-14(5-3-13)10-17-20(25)23-12-18(21-11-19(23)22-17)15-6-8-16(24)9-7-15/h2-9,11-12,17,24H,10H2,1H3/p+1. The van der Waals surface area contributed by atoms with E-state index < -0.39 is 0 Å². The van der Waals surface area contributed by atoms with Gasteiger partial charge in [-0.25, -0.2) is 9.78 Å². The van der Waals surface area contributed by atoms with Crippen LogP contribution in [0.4, 0.5) is 5.82 Å². The molecule has 25 heavy (non-hydrogen) atoms. The molecule has 3 aromatic rings. The van der Waals surface area contributed by atoms with Gasteiger partial charge in [0, 0.05) is 12.0 Å². The normalized spacial score (nSPS) is 15.7. The van der Waals surface area contributed by atoms with Crippen LogP contribution in [0.25, 0.3) is 11.3 Å². The zero-order valence-electron chi connectivity index (χ0n) is 13.8. The van der Waals surface area contributed by atoms with E-state index in [1.165, 1.54) is 5.56 Å². The summed E-state index contributed by atoms with van der Waals surface area (Å²) in [6.45, 7) is 2.05. The van der Waals surface area contributed by atoms with Crippen LogP contribution in [0.15, 0.2) is 60.9 Å². The van der Waals surface area contributed by atoms with E-state index >= 15 is 0 Å². The first-order chi connectivity index (χ1) is 12.1. The van der Waals surface area contributed by atoms with Crippen LogP contribution >= 0.6 is 0 Å². The van der Waals surface area contributed by atoms with E-state index in [0.717, 1.165) is 11.1 Å². The predicted octanol–water partition coefficient (Wildman–Crippen LogP) is 2.73. The third-order valence-electron chi connectivity index (χ3n) is 4.42. The molecule has 2 N–H and O–H groups in total. The second-order valence-electron chi connectivity index (χ2n) is 6.30. The lowest BCUT2D eigenvalue weighted by atomic mass is 10.0. The molecule has 0 radical (unpaired) electrons. The molecular formula is C20H18N3O2+. The van der Waals surface area contributed by atoms with Crippen molar-refractivity contribution in [2.24, 2.45) is 0 Å². The van der Waals surface area contributed by atoms with Gasteiger partial charge in [0.25, 0.3) is 0 Å². The summed E-state index contributed by atoms with van der Waals surface area (Å²) in [6, 6.07) is 14.7. The molecule has 0 saturated carbocycles. The van der Waals surface area contributed by atoms with Crippen LogP contribution in [0.2, 0.25) is 0 Å². The Kier molecular flexibility index (Phi) is 3.69. The van der Waals surface area contributed by atoms with Crippen molar-refractivity contribution in [2.45, 2.75) is 19.4 Å². The molecule has 5 heteroatoms. The van der Waals surface area contributed by atoms with Crippen molar-refractivity contribution >= 4 is 11.7 Å². The van der Waals surface area contributed by atoms with Gasteiger partial charge in [0.05, 0.1) is 0 Å². The number of carbonyl (C=O) groups is 1. The number of aryl methyl sites for hydroxylation is 1. The fraction of sp³-hybridized carbons (Fsp3) is 0.150. The lowest BCUT2D eigenvalue weighted by molar-refractivity contribution is -0.552. The van der Waals surface area contributed by atoms with Gasteiger partial charge in [0.15, 0.2) is 6.04 Å². The highest BCUT2D eigenvalue weighted by Crippen LogP contribution is 2.21. The summed E-state index contributed by atoms with van der Waals surface area (Å²) < 4.78 is 1.62. The number of fused-ring (bicyclic) bond motifs is 1. The maximum Gasteiger partial charge on any atom is 0.359 e. The Labute approximate surface area is 145 Å². The van der Waals surface area contributed by atoms with Crippen LogP contribution in [-0.4, -0.2) is 22.0 Å². The Bertz CT molecular complexity index is 934.